The molecule has 1 aromatic rings. The smallest absolute Gasteiger partial charge is 0.301 e. The Morgan fingerprint density at radius 3 is 2.38 bits per heavy atom. The first-order valence-electron chi connectivity index (χ1n) is 7.93. The molecule has 1 aliphatic rings. The molecular formula is C16H24NO8P. The molecule has 0 amide bonds. The molecule has 0 aromatic carbocycles. The Balaban J connectivity index is 2.55. The second kappa shape index (κ2) is 6.17. The topological polar surface area (TPSA) is 140 Å². The second-order valence-electron chi connectivity index (χ2n) is 7.26. The Morgan fingerprint density at radius 2 is 1.88 bits per heavy atom. The summed E-state index contributed by atoms with van der Waals surface area (Å²) in [7, 11) is -5.07. The van der Waals surface area contributed by atoms with Crippen LogP contribution in [0.2, 0.25) is 0 Å². The molecule has 146 valence electrons. The summed E-state index contributed by atoms with van der Waals surface area (Å²) in [5.41, 5.74) is -6.84. The molecule has 2 heterocycles. The maximum absolute atomic E-state index is 11.7. The average molecular weight is 389 g/mol. The van der Waals surface area contributed by atoms with Crippen molar-refractivity contribution in [2.24, 2.45) is 0 Å². The highest BCUT2D eigenvalue weighted by atomic mass is 31.2. The highest BCUT2D eigenvalue weighted by Crippen LogP contribution is 2.53. The van der Waals surface area contributed by atoms with E-state index in [-0.39, 0.29) is 5.78 Å². The van der Waals surface area contributed by atoms with Crippen molar-refractivity contribution in [3.63, 3.8) is 0 Å². The van der Waals surface area contributed by atoms with Crippen molar-refractivity contribution in [2.75, 3.05) is 6.61 Å². The van der Waals surface area contributed by atoms with Crippen LogP contribution in [0, 0.1) is 0 Å². The fourth-order valence-corrected chi connectivity index (χ4v) is 3.64. The molecule has 2 unspecified atom stereocenters. The van der Waals surface area contributed by atoms with Crippen LogP contribution in [0.1, 0.15) is 45.0 Å². The van der Waals surface area contributed by atoms with Gasteiger partial charge in [-0.25, -0.2) is 0 Å². The SMILES string of the molecule is CC(=O)c1ccc[n+]([C@]2(C)O[C@](C)(COP(=O)([O-])O)C(C)(O)[C@]2(C)O)c1. The van der Waals surface area contributed by atoms with E-state index in [1.54, 1.807) is 18.3 Å². The van der Waals surface area contributed by atoms with Crippen LogP contribution in [0.5, 0.6) is 0 Å². The lowest BCUT2D eigenvalue weighted by atomic mass is 9.73. The van der Waals surface area contributed by atoms with Gasteiger partial charge in [0.1, 0.15) is 11.2 Å². The van der Waals surface area contributed by atoms with Gasteiger partial charge in [-0.15, -0.1) is 0 Å². The van der Waals surface area contributed by atoms with E-state index in [1.807, 2.05) is 0 Å². The van der Waals surface area contributed by atoms with Crippen molar-refractivity contribution < 1.29 is 43.2 Å². The zero-order valence-electron chi connectivity index (χ0n) is 15.3. The molecule has 9 nitrogen and oxygen atoms in total. The summed E-state index contributed by atoms with van der Waals surface area (Å²) in [5.74, 6) is -0.203. The molecule has 1 aromatic heterocycles. The van der Waals surface area contributed by atoms with Crippen LogP contribution in [0.3, 0.4) is 0 Å². The zero-order chi connectivity index (χ0) is 20.2. The van der Waals surface area contributed by atoms with Crippen molar-refractivity contribution in [3.8, 4) is 0 Å². The molecule has 5 atom stereocenters. The predicted molar refractivity (Wildman–Crippen MR) is 86.8 cm³/mol. The Kier molecular flexibility index (Phi) is 5.01. The summed E-state index contributed by atoms with van der Waals surface area (Å²) < 4.78 is 22.8. The van der Waals surface area contributed by atoms with E-state index >= 15 is 0 Å². The summed E-state index contributed by atoms with van der Waals surface area (Å²) in [6.45, 7) is 6.13. The third kappa shape index (κ3) is 3.14. The van der Waals surface area contributed by atoms with E-state index in [9.17, 15) is 24.5 Å². The van der Waals surface area contributed by atoms with Gasteiger partial charge in [0.05, 0.1) is 12.2 Å². The number of ketones is 1. The lowest BCUT2D eigenvalue weighted by Crippen LogP contribution is -2.69. The molecule has 1 fully saturated rings. The highest BCUT2D eigenvalue weighted by Gasteiger charge is 2.77. The van der Waals surface area contributed by atoms with E-state index in [0.29, 0.717) is 5.56 Å². The number of aromatic nitrogens is 1. The van der Waals surface area contributed by atoms with Gasteiger partial charge in [0, 0.05) is 13.0 Å². The number of nitrogens with zero attached hydrogens (tertiary/aromatic N) is 1. The monoisotopic (exact) mass is 389 g/mol. The van der Waals surface area contributed by atoms with Crippen LogP contribution in [-0.4, -0.2) is 44.3 Å². The molecule has 0 radical (unpaired) electrons. The molecular weight excluding hydrogens is 365 g/mol. The van der Waals surface area contributed by atoms with Crippen LogP contribution in [0.15, 0.2) is 24.5 Å². The van der Waals surface area contributed by atoms with Crippen molar-refractivity contribution in [2.45, 2.75) is 57.1 Å². The number of carbonyl (C=O) groups excluding carboxylic acids is 1. The summed E-state index contributed by atoms with van der Waals surface area (Å²) in [6.07, 6.45) is 3.01. The van der Waals surface area contributed by atoms with Crippen molar-refractivity contribution in [1.29, 1.82) is 0 Å². The highest BCUT2D eigenvalue weighted by molar-refractivity contribution is 7.44. The molecule has 0 bridgehead atoms. The normalized spacial score (nSPS) is 39.6. The van der Waals surface area contributed by atoms with E-state index in [0.717, 1.165) is 0 Å². The lowest BCUT2D eigenvalue weighted by Gasteiger charge is -2.40. The van der Waals surface area contributed by atoms with Gasteiger partial charge in [-0.3, -0.25) is 9.36 Å². The van der Waals surface area contributed by atoms with Gasteiger partial charge in [-0.1, -0.05) is 0 Å². The summed E-state index contributed by atoms with van der Waals surface area (Å²) in [5, 5.41) is 22.1. The first kappa shape index (κ1) is 21.1. The Bertz CT molecular complexity index is 773. The Labute approximate surface area is 151 Å². The van der Waals surface area contributed by atoms with Crippen LogP contribution in [-0.2, 0) is 19.6 Å². The predicted octanol–water partition coefficient (Wildman–Crippen LogP) is -0.382. The number of hydrogen-bond acceptors (Lipinski definition) is 7. The fraction of sp³-hybridized carbons (Fsp3) is 0.625. The molecule has 26 heavy (non-hydrogen) atoms. The first-order valence-corrected chi connectivity index (χ1v) is 9.43. The van der Waals surface area contributed by atoms with Crippen LogP contribution in [0.25, 0.3) is 0 Å². The lowest BCUT2D eigenvalue weighted by molar-refractivity contribution is -0.818. The van der Waals surface area contributed by atoms with Crippen molar-refractivity contribution >= 4 is 13.6 Å². The number of aliphatic hydroxyl groups is 2. The largest absolute Gasteiger partial charge is 0.756 e. The Hall–Kier alpha value is -1.19. The summed E-state index contributed by atoms with van der Waals surface area (Å²) in [4.78, 5) is 31.5. The minimum Gasteiger partial charge on any atom is -0.756 e. The fourth-order valence-electron chi connectivity index (χ4n) is 3.23. The minimum atomic E-state index is -5.07. The van der Waals surface area contributed by atoms with Crippen molar-refractivity contribution in [1.82, 2.24) is 0 Å². The summed E-state index contributed by atoms with van der Waals surface area (Å²) in [6, 6.07) is 3.17. The number of hydrogen-bond donors (Lipinski definition) is 3. The van der Waals surface area contributed by atoms with Gasteiger partial charge in [-0.05, 0) is 33.8 Å². The van der Waals surface area contributed by atoms with E-state index in [4.69, 9.17) is 9.63 Å². The van der Waals surface area contributed by atoms with Crippen LogP contribution < -0.4 is 9.46 Å². The number of pyridine rings is 1. The summed E-state index contributed by atoms with van der Waals surface area (Å²) >= 11 is 0. The van der Waals surface area contributed by atoms with Crippen molar-refractivity contribution in [3.05, 3.63) is 30.1 Å². The molecule has 3 N–H and O–H groups in total. The van der Waals surface area contributed by atoms with Gasteiger partial charge in [0.15, 0.2) is 23.8 Å². The molecule has 0 aliphatic carbocycles. The average Bonchev–Trinajstić information content (AvgIpc) is 2.61. The van der Waals surface area contributed by atoms with Crippen LogP contribution in [0.4, 0.5) is 0 Å². The molecule has 0 saturated carbocycles. The van der Waals surface area contributed by atoms with Gasteiger partial charge < -0.3 is 29.3 Å². The maximum Gasteiger partial charge on any atom is 0.301 e. The first-order chi connectivity index (χ1) is 11.6. The number of ether oxygens (including phenoxy) is 1. The molecule has 0 spiro atoms. The minimum absolute atomic E-state index is 0.203. The zero-order valence-corrected chi connectivity index (χ0v) is 16.2. The van der Waals surface area contributed by atoms with E-state index in [1.165, 1.54) is 45.4 Å². The quantitative estimate of drug-likeness (QED) is 0.352. The number of carbonyl (C=O) groups is 1. The molecule has 1 aliphatic heterocycles. The molecule has 10 heteroatoms. The van der Waals surface area contributed by atoms with Gasteiger partial charge in [0.2, 0.25) is 0 Å². The van der Waals surface area contributed by atoms with Crippen LogP contribution >= 0.6 is 7.82 Å². The number of Topliss-reactive ketones (excluding diaryl/α,β-unsaturated/α-hetero) is 1. The van der Waals surface area contributed by atoms with E-state index in [2.05, 4.69) is 4.52 Å². The standard InChI is InChI=1S/C16H24NO8P/c1-11(18)12-7-6-8-17(9-12)16(5)15(4,20)14(3,19)13(2,25-16)10-24-26(21,22)23/h6-9,19-20H,10H2,1-5H3,(H-,21,22,23)/t13-,14?,15+,16-/m1/s1. The number of rotatable bonds is 5. The number of phosphoric ester groups is 1. The van der Waals surface area contributed by atoms with Gasteiger partial charge in [-0.2, -0.15) is 4.57 Å². The van der Waals surface area contributed by atoms with E-state index < -0.39 is 37.0 Å². The Morgan fingerprint density at radius 1 is 1.31 bits per heavy atom. The van der Waals surface area contributed by atoms with Gasteiger partial charge in [0.25, 0.3) is 7.82 Å². The van der Waals surface area contributed by atoms with Gasteiger partial charge >= 0.3 is 5.72 Å². The maximum atomic E-state index is 11.7. The molecule has 1 saturated heterocycles. The third-order valence-electron chi connectivity index (χ3n) is 5.51. The third-order valence-corrected chi connectivity index (χ3v) is 5.96. The second-order valence-corrected chi connectivity index (χ2v) is 8.45. The molecule has 2 rings (SSSR count). The number of phosphoric acid groups is 1.